The Hall–Kier alpha value is -0.500. The third-order valence-corrected chi connectivity index (χ3v) is 1.93. The average Bonchev–Trinajstić information content (AvgIpc) is 2.04. The van der Waals surface area contributed by atoms with Gasteiger partial charge in [-0.05, 0) is 19.8 Å². The number of hydrogen-bond acceptors (Lipinski definition) is 2. The fourth-order valence-corrected chi connectivity index (χ4v) is 1.07. The van der Waals surface area contributed by atoms with Crippen LogP contribution in [0.2, 0.25) is 0 Å². The highest BCUT2D eigenvalue weighted by Crippen LogP contribution is 2.11. The van der Waals surface area contributed by atoms with Gasteiger partial charge in [-0.15, -0.1) is 0 Å². The van der Waals surface area contributed by atoms with E-state index < -0.39 is 11.5 Å². The SMILES string of the molecule is C=C(C)C(=O)OC(Cl)CCCCC. The lowest BCUT2D eigenvalue weighted by Gasteiger charge is -2.10. The topological polar surface area (TPSA) is 26.3 Å². The zero-order valence-electron chi connectivity index (χ0n) is 8.31. The molecule has 0 rings (SSSR count). The number of halogens is 1. The summed E-state index contributed by atoms with van der Waals surface area (Å²) >= 11 is 5.77. The van der Waals surface area contributed by atoms with Crippen LogP contribution in [-0.4, -0.2) is 11.5 Å². The number of ether oxygens (including phenoxy) is 1. The number of rotatable bonds is 6. The van der Waals surface area contributed by atoms with Crippen LogP contribution >= 0.6 is 11.6 Å². The molecule has 0 saturated heterocycles. The molecule has 0 aliphatic rings. The molecule has 1 atom stereocenters. The van der Waals surface area contributed by atoms with Gasteiger partial charge in [0.2, 0.25) is 0 Å². The van der Waals surface area contributed by atoms with Crippen LogP contribution in [-0.2, 0) is 9.53 Å². The smallest absolute Gasteiger partial charge is 0.334 e. The second-order valence-corrected chi connectivity index (χ2v) is 3.58. The van der Waals surface area contributed by atoms with Crippen molar-refractivity contribution in [2.45, 2.75) is 45.1 Å². The van der Waals surface area contributed by atoms with Crippen LogP contribution in [0, 0.1) is 0 Å². The average molecular weight is 205 g/mol. The van der Waals surface area contributed by atoms with E-state index in [1.165, 1.54) is 0 Å². The van der Waals surface area contributed by atoms with Crippen LogP contribution < -0.4 is 0 Å². The summed E-state index contributed by atoms with van der Waals surface area (Å²) in [5, 5.41) is 0. The molecule has 0 fully saturated rings. The number of hydrogen-bond donors (Lipinski definition) is 0. The van der Waals surface area contributed by atoms with Crippen LogP contribution in [0.25, 0.3) is 0 Å². The Morgan fingerprint density at radius 3 is 2.62 bits per heavy atom. The van der Waals surface area contributed by atoms with E-state index in [0.717, 1.165) is 19.3 Å². The lowest BCUT2D eigenvalue weighted by atomic mass is 10.2. The minimum Gasteiger partial charge on any atom is -0.443 e. The van der Waals surface area contributed by atoms with E-state index in [1.807, 2.05) is 0 Å². The van der Waals surface area contributed by atoms with E-state index >= 15 is 0 Å². The maximum Gasteiger partial charge on any atom is 0.334 e. The van der Waals surface area contributed by atoms with E-state index in [1.54, 1.807) is 6.92 Å². The first kappa shape index (κ1) is 12.5. The first-order chi connectivity index (χ1) is 6.07. The van der Waals surface area contributed by atoms with E-state index in [9.17, 15) is 4.79 Å². The maximum atomic E-state index is 11.0. The van der Waals surface area contributed by atoms with Gasteiger partial charge in [0.25, 0.3) is 0 Å². The van der Waals surface area contributed by atoms with Gasteiger partial charge in [0.15, 0.2) is 5.56 Å². The third-order valence-electron chi connectivity index (χ3n) is 1.62. The standard InChI is InChI=1S/C10H17ClO2/c1-4-5-6-7-9(11)13-10(12)8(2)3/h9H,2,4-7H2,1,3H3. The molecule has 2 nitrogen and oxygen atoms in total. The summed E-state index contributed by atoms with van der Waals surface area (Å²) in [5.74, 6) is -0.406. The van der Waals surface area contributed by atoms with Gasteiger partial charge >= 0.3 is 5.97 Å². The van der Waals surface area contributed by atoms with Gasteiger partial charge in [0, 0.05) is 5.57 Å². The van der Waals surface area contributed by atoms with Crippen molar-refractivity contribution >= 4 is 17.6 Å². The van der Waals surface area contributed by atoms with Crippen LogP contribution in [0.4, 0.5) is 0 Å². The minimum atomic E-state index is -0.504. The summed E-state index contributed by atoms with van der Waals surface area (Å²) in [6.07, 6.45) is 3.97. The fraction of sp³-hybridized carbons (Fsp3) is 0.700. The van der Waals surface area contributed by atoms with E-state index in [2.05, 4.69) is 13.5 Å². The molecule has 0 aromatic carbocycles. The van der Waals surface area contributed by atoms with Crippen molar-refractivity contribution in [2.75, 3.05) is 0 Å². The largest absolute Gasteiger partial charge is 0.443 e. The molecule has 0 aromatic heterocycles. The molecular weight excluding hydrogens is 188 g/mol. The molecule has 3 heteroatoms. The fourth-order valence-electron chi connectivity index (χ4n) is 0.830. The Morgan fingerprint density at radius 1 is 1.54 bits per heavy atom. The molecule has 0 aliphatic carbocycles. The number of alkyl halides is 1. The lowest BCUT2D eigenvalue weighted by Crippen LogP contribution is -2.12. The van der Waals surface area contributed by atoms with Crippen LogP contribution in [0.1, 0.15) is 39.5 Å². The molecule has 0 aromatic rings. The highest BCUT2D eigenvalue weighted by Gasteiger charge is 2.10. The van der Waals surface area contributed by atoms with E-state index in [-0.39, 0.29) is 0 Å². The second-order valence-electron chi connectivity index (χ2n) is 3.09. The molecule has 0 spiro atoms. The summed E-state index contributed by atoms with van der Waals surface area (Å²) in [5.41, 5.74) is -0.114. The van der Waals surface area contributed by atoms with Gasteiger partial charge in [0.1, 0.15) is 0 Å². The lowest BCUT2D eigenvalue weighted by molar-refractivity contribution is -0.140. The van der Waals surface area contributed by atoms with Gasteiger partial charge in [-0.25, -0.2) is 4.79 Å². The molecule has 0 bridgehead atoms. The highest BCUT2D eigenvalue weighted by molar-refractivity contribution is 6.20. The molecule has 0 aliphatic heterocycles. The summed E-state index contributed by atoms with van der Waals surface area (Å²) in [6, 6.07) is 0. The first-order valence-corrected chi connectivity index (χ1v) is 5.02. The summed E-state index contributed by atoms with van der Waals surface area (Å²) < 4.78 is 4.89. The molecule has 0 saturated carbocycles. The Bertz CT molecular complexity index is 178. The van der Waals surface area contributed by atoms with E-state index in [0.29, 0.717) is 12.0 Å². The normalized spacial score (nSPS) is 12.2. The first-order valence-electron chi connectivity index (χ1n) is 4.58. The Kier molecular flexibility index (Phi) is 6.69. The zero-order chi connectivity index (χ0) is 10.3. The molecule has 0 radical (unpaired) electrons. The van der Waals surface area contributed by atoms with Crippen molar-refractivity contribution in [3.05, 3.63) is 12.2 Å². The second kappa shape index (κ2) is 6.96. The van der Waals surface area contributed by atoms with Gasteiger partial charge in [0.05, 0.1) is 0 Å². The van der Waals surface area contributed by atoms with Gasteiger partial charge in [-0.2, -0.15) is 0 Å². The predicted octanol–water partition coefficient (Wildman–Crippen LogP) is 3.25. The summed E-state index contributed by atoms with van der Waals surface area (Å²) in [6.45, 7) is 7.19. The Labute approximate surface area is 84.9 Å². The van der Waals surface area contributed by atoms with Crippen LogP contribution in [0.5, 0.6) is 0 Å². The molecule has 0 N–H and O–H groups in total. The molecule has 0 amide bonds. The van der Waals surface area contributed by atoms with Gasteiger partial charge < -0.3 is 4.74 Å². The number of esters is 1. The predicted molar refractivity (Wildman–Crippen MR) is 54.7 cm³/mol. The van der Waals surface area contributed by atoms with Crippen molar-refractivity contribution in [1.29, 1.82) is 0 Å². The monoisotopic (exact) mass is 204 g/mol. The molecule has 76 valence electrons. The zero-order valence-corrected chi connectivity index (χ0v) is 9.06. The molecule has 13 heavy (non-hydrogen) atoms. The Morgan fingerprint density at radius 2 is 2.15 bits per heavy atom. The molecule has 1 unspecified atom stereocenters. The van der Waals surface area contributed by atoms with Crippen LogP contribution in [0.15, 0.2) is 12.2 Å². The van der Waals surface area contributed by atoms with Crippen molar-refractivity contribution in [1.82, 2.24) is 0 Å². The molecule has 0 heterocycles. The summed E-state index contributed by atoms with van der Waals surface area (Å²) in [7, 11) is 0. The van der Waals surface area contributed by atoms with Crippen molar-refractivity contribution in [3.63, 3.8) is 0 Å². The maximum absolute atomic E-state index is 11.0. The Balaban J connectivity index is 3.55. The minimum absolute atomic E-state index is 0.390. The molecular formula is C10H17ClO2. The number of carbonyl (C=O) groups is 1. The quantitative estimate of drug-likeness (QED) is 0.287. The summed E-state index contributed by atoms with van der Waals surface area (Å²) in [4.78, 5) is 11.0. The van der Waals surface area contributed by atoms with Crippen LogP contribution in [0.3, 0.4) is 0 Å². The van der Waals surface area contributed by atoms with Crippen molar-refractivity contribution in [2.24, 2.45) is 0 Å². The van der Waals surface area contributed by atoms with E-state index in [4.69, 9.17) is 16.3 Å². The number of carbonyl (C=O) groups excluding carboxylic acids is 1. The van der Waals surface area contributed by atoms with Gasteiger partial charge in [-0.1, -0.05) is 37.9 Å². The van der Waals surface area contributed by atoms with Crippen molar-refractivity contribution in [3.8, 4) is 0 Å². The third kappa shape index (κ3) is 6.64. The van der Waals surface area contributed by atoms with Gasteiger partial charge in [-0.3, -0.25) is 0 Å². The number of unbranched alkanes of at least 4 members (excludes halogenated alkanes) is 2. The highest BCUT2D eigenvalue weighted by atomic mass is 35.5. The van der Waals surface area contributed by atoms with Crippen molar-refractivity contribution < 1.29 is 9.53 Å².